The number of rotatable bonds is 4. The van der Waals surface area contributed by atoms with Gasteiger partial charge < -0.3 is 4.90 Å². The molecule has 0 atom stereocenters. The predicted octanol–water partition coefficient (Wildman–Crippen LogP) is 4.60. The van der Waals surface area contributed by atoms with Crippen LogP contribution in [0.15, 0.2) is 89.8 Å². The Morgan fingerprint density at radius 1 is 0.676 bits per heavy atom. The summed E-state index contributed by atoms with van der Waals surface area (Å²) >= 11 is 0. The van der Waals surface area contributed by atoms with Crippen LogP contribution in [0.5, 0.6) is 0 Å². The first-order valence-corrected chi connectivity index (χ1v) is 14.5. The molecule has 2 saturated heterocycles. The molecule has 0 radical (unpaired) electrons. The molecule has 6 rings (SSSR count). The second-order valence-corrected chi connectivity index (χ2v) is 11.9. The van der Waals surface area contributed by atoms with Crippen molar-refractivity contribution < 1.29 is 13.2 Å². The van der Waals surface area contributed by atoms with Gasteiger partial charge >= 0.3 is 0 Å². The molecule has 2 aliphatic rings. The van der Waals surface area contributed by atoms with Gasteiger partial charge in [0.1, 0.15) is 0 Å². The van der Waals surface area contributed by atoms with E-state index in [0.717, 1.165) is 53.0 Å². The molecule has 2 aliphatic heterocycles. The third-order valence-corrected chi connectivity index (χ3v) is 9.82. The van der Waals surface area contributed by atoms with Gasteiger partial charge in [0.25, 0.3) is 5.91 Å². The summed E-state index contributed by atoms with van der Waals surface area (Å²) in [4.78, 5) is 18.6. The van der Waals surface area contributed by atoms with Crippen molar-refractivity contribution >= 4 is 37.5 Å². The summed E-state index contributed by atoms with van der Waals surface area (Å²) in [5, 5.41) is 4.17. The Morgan fingerprint density at radius 3 is 1.81 bits per heavy atom. The maximum atomic E-state index is 13.8. The second-order valence-electron chi connectivity index (χ2n) is 9.97. The molecule has 0 aliphatic carbocycles. The third kappa shape index (κ3) is 4.52. The molecule has 0 unspecified atom stereocenters. The Hall–Kier alpha value is -3.26. The van der Waals surface area contributed by atoms with Gasteiger partial charge in [-0.3, -0.25) is 9.69 Å². The molecular formula is C30H31N3O3S. The van der Waals surface area contributed by atoms with E-state index in [1.54, 1.807) is 28.6 Å². The minimum Gasteiger partial charge on any atom is -0.336 e. The van der Waals surface area contributed by atoms with Crippen molar-refractivity contribution in [1.29, 1.82) is 0 Å². The summed E-state index contributed by atoms with van der Waals surface area (Å²) < 4.78 is 27.6. The molecular weight excluding hydrogens is 482 g/mol. The summed E-state index contributed by atoms with van der Waals surface area (Å²) in [6.45, 7) is 4.04. The van der Waals surface area contributed by atoms with Crippen molar-refractivity contribution in [3.63, 3.8) is 0 Å². The van der Waals surface area contributed by atoms with Crippen molar-refractivity contribution in [2.24, 2.45) is 0 Å². The van der Waals surface area contributed by atoms with Gasteiger partial charge in [-0.2, -0.15) is 4.31 Å². The third-order valence-electron chi connectivity index (χ3n) is 7.91. The average molecular weight is 514 g/mol. The largest absolute Gasteiger partial charge is 0.336 e. The van der Waals surface area contributed by atoms with Gasteiger partial charge in [0.2, 0.25) is 10.0 Å². The molecule has 0 saturated carbocycles. The van der Waals surface area contributed by atoms with E-state index in [1.165, 1.54) is 0 Å². The van der Waals surface area contributed by atoms with E-state index >= 15 is 0 Å². The fourth-order valence-corrected chi connectivity index (χ4v) is 7.37. The van der Waals surface area contributed by atoms with E-state index in [0.29, 0.717) is 37.1 Å². The zero-order chi connectivity index (χ0) is 25.4. The van der Waals surface area contributed by atoms with Gasteiger partial charge in [-0.25, -0.2) is 8.42 Å². The number of carbonyl (C=O) groups is 1. The normalized spacial score (nSPS) is 18.4. The molecule has 2 heterocycles. The summed E-state index contributed by atoms with van der Waals surface area (Å²) in [5.41, 5.74) is 0.793. The summed E-state index contributed by atoms with van der Waals surface area (Å²) in [6.07, 6.45) is 1.63. The van der Waals surface area contributed by atoms with Gasteiger partial charge in [-0.15, -0.1) is 0 Å². The number of carbonyl (C=O) groups excluding carboxylic acids is 1. The first-order valence-electron chi connectivity index (χ1n) is 13.0. The highest BCUT2D eigenvalue weighted by atomic mass is 32.2. The minimum atomic E-state index is -3.44. The van der Waals surface area contributed by atoms with Gasteiger partial charge in [-0.05, 0) is 52.6 Å². The molecule has 0 N–H and O–H groups in total. The maximum Gasteiger partial charge on any atom is 0.255 e. The standard InChI is InChI=1S/C30H31N3O3S/c34-30(29-27-12-6-4-8-23(27)22-24-9-5-7-13-28(24)29)32-20-18-31(19-21-32)25-14-16-33(17-15-25)37(35,36)26-10-2-1-3-11-26/h1-13,22,25H,14-21H2. The van der Waals surface area contributed by atoms with E-state index in [4.69, 9.17) is 0 Å². The van der Waals surface area contributed by atoms with Crippen molar-refractivity contribution in [1.82, 2.24) is 14.1 Å². The molecule has 6 nitrogen and oxygen atoms in total. The average Bonchev–Trinajstić information content (AvgIpc) is 2.96. The van der Waals surface area contributed by atoms with Crippen LogP contribution in [0.4, 0.5) is 0 Å². The van der Waals surface area contributed by atoms with Crippen LogP contribution >= 0.6 is 0 Å². The Labute approximate surface area is 218 Å². The Morgan fingerprint density at radius 2 is 1.22 bits per heavy atom. The number of amides is 1. The van der Waals surface area contributed by atoms with Crippen molar-refractivity contribution in [2.75, 3.05) is 39.3 Å². The van der Waals surface area contributed by atoms with Crippen LogP contribution in [0.2, 0.25) is 0 Å². The van der Waals surface area contributed by atoms with Gasteiger partial charge in [-0.1, -0.05) is 66.7 Å². The number of benzene rings is 4. The zero-order valence-electron chi connectivity index (χ0n) is 20.8. The van der Waals surface area contributed by atoms with E-state index in [-0.39, 0.29) is 5.91 Å². The molecule has 7 heteroatoms. The van der Waals surface area contributed by atoms with Crippen molar-refractivity contribution in [3.05, 3.63) is 90.5 Å². The van der Waals surface area contributed by atoms with Crippen LogP contribution in [0.25, 0.3) is 21.5 Å². The Balaban J connectivity index is 1.13. The molecule has 1 amide bonds. The van der Waals surface area contributed by atoms with Crippen LogP contribution in [-0.2, 0) is 10.0 Å². The number of piperazine rings is 1. The summed E-state index contributed by atoms with van der Waals surface area (Å²) in [5.74, 6) is 0.0939. The van der Waals surface area contributed by atoms with E-state index in [2.05, 4.69) is 23.1 Å². The quantitative estimate of drug-likeness (QED) is 0.374. The van der Waals surface area contributed by atoms with Gasteiger partial charge in [0.15, 0.2) is 0 Å². The fourth-order valence-electron chi connectivity index (χ4n) is 5.88. The lowest BCUT2D eigenvalue weighted by Crippen LogP contribution is -2.54. The molecule has 0 bridgehead atoms. The van der Waals surface area contributed by atoms with Crippen LogP contribution in [0.3, 0.4) is 0 Å². The molecule has 37 heavy (non-hydrogen) atoms. The topological polar surface area (TPSA) is 60.9 Å². The summed E-state index contributed by atoms with van der Waals surface area (Å²) in [6, 6.07) is 27.4. The van der Waals surface area contributed by atoms with E-state index < -0.39 is 10.0 Å². The smallest absolute Gasteiger partial charge is 0.255 e. The highest BCUT2D eigenvalue weighted by Gasteiger charge is 2.33. The lowest BCUT2D eigenvalue weighted by atomic mass is 9.95. The zero-order valence-corrected chi connectivity index (χ0v) is 21.6. The highest BCUT2D eigenvalue weighted by molar-refractivity contribution is 7.89. The molecule has 190 valence electrons. The number of hydrogen-bond acceptors (Lipinski definition) is 4. The van der Waals surface area contributed by atoms with Crippen LogP contribution in [0.1, 0.15) is 23.2 Å². The molecule has 0 spiro atoms. The van der Waals surface area contributed by atoms with Crippen LogP contribution in [-0.4, -0.2) is 73.7 Å². The molecule has 2 fully saturated rings. The van der Waals surface area contributed by atoms with E-state index in [9.17, 15) is 13.2 Å². The van der Waals surface area contributed by atoms with E-state index in [1.807, 2.05) is 47.4 Å². The minimum absolute atomic E-state index is 0.0939. The summed E-state index contributed by atoms with van der Waals surface area (Å²) in [7, 11) is -3.44. The first-order chi connectivity index (χ1) is 18.0. The second kappa shape index (κ2) is 9.89. The number of nitrogens with zero attached hydrogens (tertiary/aromatic N) is 3. The lowest BCUT2D eigenvalue weighted by molar-refractivity contribution is 0.0506. The molecule has 4 aromatic rings. The van der Waals surface area contributed by atoms with Crippen LogP contribution < -0.4 is 0 Å². The number of piperidine rings is 1. The van der Waals surface area contributed by atoms with Gasteiger partial charge in [0, 0.05) is 45.3 Å². The monoisotopic (exact) mass is 513 g/mol. The molecule has 4 aromatic carbocycles. The van der Waals surface area contributed by atoms with Gasteiger partial charge in [0.05, 0.1) is 10.5 Å². The van der Waals surface area contributed by atoms with Crippen LogP contribution in [0, 0.1) is 0 Å². The van der Waals surface area contributed by atoms with Crippen molar-refractivity contribution in [3.8, 4) is 0 Å². The number of fused-ring (bicyclic) bond motifs is 2. The Kier molecular flexibility index (Phi) is 6.44. The first kappa shape index (κ1) is 24.1. The van der Waals surface area contributed by atoms with Crippen molar-refractivity contribution in [2.45, 2.75) is 23.8 Å². The SMILES string of the molecule is O=C(c1c2ccccc2cc2ccccc12)N1CCN(C2CCN(S(=O)(=O)c3ccccc3)CC2)CC1. The number of sulfonamides is 1. The Bertz CT molecular complexity index is 1480. The lowest BCUT2D eigenvalue weighted by Gasteiger charge is -2.42. The fraction of sp³-hybridized carbons (Fsp3) is 0.300. The molecule has 0 aromatic heterocycles. The number of hydrogen-bond donors (Lipinski definition) is 0. The highest BCUT2D eigenvalue weighted by Crippen LogP contribution is 2.30. The maximum absolute atomic E-state index is 13.8. The predicted molar refractivity (Wildman–Crippen MR) is 147 cm³/mol.